The minimum atomic E-state index is -0.924. The van der Waals surface area contributed by atoms with Crippen LogP contribution in [0, 0.1) is 6.92 Å². The monoisotopic (exact) mass is 406 g/mol. The minimum absolute atomic E-state index is 0.174. The molecular formula is C24H26N2O4. The van der Waals surface area contributed by atoms with E-state index in [0.29, 0.717) is 41.0 Å². The fraction of sp³-hybridized carbons (Fsp3) is 0.375. The highest BCUT2D eigenvalue weighted by Gasteiger charge is 2.50. The third kappa shape index (κ3) is 3.26. The Hall–Kier alpha value is -3.15. The molecule has 1 fully saturated rings. The number of amides is 2. The third-order valence-corrected chi connectivity index (χ3v) is 6.42. The van der Waals surface area contributed by atoms with Crippen molar-refractivity contribution in [2.24, 2.45) is 0 Å². The molecule has 0 saturated heterocycles. The number of hydrogen-bond donors (Lipinski definition) is 1. The SMILES string of the molecule is COc1cc(NC(=O)C2(N3Cc4c(C=O)cccc4C3=O)CCCCC2)ccc1C. The second-order valence-electron chi connectivity index (χ2n) is 8.11. The van der Waals surface area contributed by atoms with Crippen LogP contribution in [0.4, 0.5) is 5.69 Å². The van der Waals surface area contributed by atoms with Crippen LogP contribution in [0.25, 0.3) is 0 Å². The van der Waals surface area contributed by atoms with E-state index in [2.05, 4.69) is 5.32 Å². The van der Waals surface area contributed by atoms with Gasteiger partial charge in [-0.25, -0.2) is 0 Å². The summed E-state index contributed by atoms with van der Waals surface area (Å²) in [6.45, 7) is 2.23. The molecule has 0 aromatic heterocycles. The smallest absolute Gasteiger partial charge is 0.255 e. The van der Waals surface area contributed by atoms with Crippen molar-refractivity contribution in [2.75, 3.05) is 12.4 Å². The van der Waals surface area contributed by atoms with E-state index in [9.17, 15) is 14.4 Å². The lowest BCUT2D eigenvalue weighted by Crippen LogP contribution is -2.58. The average molecular weight is 406 g/mol. The standard InChI is InChI=1S/C24H26N2O4/c1-16-9-10-18(13-21(16)30-2)25-23(29)24(11-4-3-5-12-24)26-14-20-17(15-27)7-6-8-19(20)22(26)28/h6-10,13,15H,3-5,11-12,14H2,1-2H3,(H,25,29). The molecule has 0 atom stereocenters. The molecule has 0 spiro atoms. The van der Waals surface area contributed by atoms with Gasteiger partial charge in [-0.3, -0.25) is 14.4 Å². The van der Waals surface area contributed by atoms with Crippen molar-refractivity contribution >= 4 is 23.8 Å². The van der Waals surface area contributed by atoms with Gasteiger partial charge in [-0.15, -0.1) is 0 Å². The van der Waals surface area contributed by atoms with Crippen molar-refractivity contribution in [3.05, 3.63) is 58.7 Å². The Morgan fingerprint density at radius 2 is 1.93 bits per heavy atom. The maximum Gasteiger partial charge on any atom is 0.255 e. The zero-order valence-electron chi connectivity index (χ0n) is 17.4. The molecular weight excluding hydrogens is 380 g/mol. The predicted octanol–water partition coefficient (Wildman–Crippen LogP) is 4.11. The van der Waals surface area contributed by atoms with E-state index >= 15 is 0 Å². The normalized spacial score (nSPS) is 17.4. The van der Waals surface area contributed by atoms with Gasteiger partial charge in [0.15, 0.2) is 0 Å². The van der Waals surface area contributed by atoms with Crippen molar-refractivity contribution in [3.63, 3.8) is 0 Å². The third-order valence-electron chi connectivity index (χ3n) is 6.42. The molecule has 6 nitrogen and oxygen atoms in total. The van der Waals surface area contributed by atoms with E-state index in [1.54, 1.807) is 36.3 Å². The highest BCUT2D eigenvalue weighted by Crippen LogP contribution is 2.40. The first-order chi connectivity index (χ1) is 14.5. The van der Waals surface area contributed by atoms with Crippen molar-refractivity contribution < 1.29 is 19.1 Å². The summed E-state index contributed by atoms with van der Waals surface area (Å²) in [5.74, 6) is 0.347. The Bertz CT molecular complexity index is 1010. The van der Waals surface area contributed by atoms with Gasteiger partial charge in [0.1, 0.15) is 17.6 Å². The van der Waals surface area contributed by atoms with E-state index in [-0.39, 0.29) is 18.4 Å². The Labute approximate surface area is 176 Å². The number of methoxy groups -OCH3 is 1. The highest BCUT2D eigenvalue weighted by atomic mass is 16.5. The lowest BCUT2D eigenvalue weighted by molar-refractivity contribution is -0.129. The second kappa shape index (κ2) is 7.94. The van der Waals surface area contributed by atoms with Crippen LogP contribution in [0.15, 0.2) is 36.4 Å². The fourth-order valence-corrected chi connectivity index (χ4v) is 4.71. The summed E-state index contributed by atoms with van der Waals surface area (Å²) < 4.78 is 5.37. The number of carbonyl (C=O) groups excluding carboxylic acids is 3. The van der Waals surface area contributed by atoms with Gasteiger partial charge < -0.3 is 15.0 Å². The molecule has 0 radical (unpaired) electrons. The van der Waals surface area contributed by atoms with E-state index in [1.807, 2.05) is 19.1 Å². The van der Waals surface area contributed by atoms with Gasteiger partial charge in [-0.05, 0) is 43.0 Å². The molecule has 2 aromatic rings. The van der Waals surface area contributed by atoms with Gasteiger partial charge in [0.05, 0.1) is 7.11 Å². The second-order valence-corrected chi connectivity index (χ2v) is 8.11. The lowest BCUT2D eigenvalue weighted by Gasteiger charge is -2.43. The van der Waals surface area contributed by atoms with Crippen LogP contribution >= 0.6 is 0 Å². The summed E-state index contributed by atoms with van der Waals surface area (Å²) in [5.41, 5.74) is 2.45. The molecule has 6 heteroatoms. The zero-order chi connectivity index (χ0) is 21.3. The number of anilines is 1. The number of aryl methyl sites for hydroxylation is 1. The number of nitrogens with zero attached hydrogens (tertiary/aromatic N) is 1. The number of rotatable bonds is 5. The van der Waals surface area contributed by atoms with Crippen LogP contribution in [0.1, 0.15) is 63.9 Å². The predicted molar refractivity (Wildman–Crippen MR) is 114 cm³/mol. The summed E-state index contributed by atoms with van der Waals surface area (Å²) in [6.07, 6.45) is 4.80. The Morgan fingerprint density at radius 3 is 2.63 bits per heavy atom. The van der Waals surface area contributed by atoms with E-state index in [0.717, 1.165) is 31.1 Å². The van der Waals surface area contributed by atoms with Crippen LogP contribution in [-0.4, -0.2) is 35.6 Å². The molecule has 156 valence electrons. The van der Waals surface area contributed by atoms with Crippen molar-refractivity contribution in [2.45, 2.75) is 51.1 Å². The van der Waals surface area contributed by atoms with Crippen LogP contribution in [0.3, 0.4) is 0 Å². The number of aldehydes is 1. The fourth-order valence-electron chi connectivity index (χ4n) is 4.71. The molecule has 1 aliphatic carbocycles. The summed E-state index contributed by atoms with van der Waals surface area (Å²) in [6, 6.07) is 10.7. The summed E-state index contributed by atoms with van der Waals surface area (Å²) in [5, 5.41) is 3.02. The van der Waals surface area contributed by atoms with Gasteiger partial charge in [-0.2, -0.15) is 0 Å². The van der Waals surface area contributed by atoms with Gasteiger partial charge >= 0.3 is 0 Å². The first-order valence-corrected chi connectivity index (χ1v) is 10.4. The Balaban J connectivity index is 1.68. The van der Waals surface area contributed by atoms with Gasteiger partial charge in [0, 0.05) is 29.4 Å². The van der Waals surface area contributed by atoms with E-state index in [1.165, 1.54) is 0 Å². The Morgan fingerprint density at radius 1 is 1.17 bits per heavy atom. The molecule has 0 bridgehead atoms. The maximum atomic E-state index is 13.6. The van der Waals surface area contributed by atoms with E-state index in [4.69, 9.17) is 4.74 Å². The molecule has 1 heterocycles. The first kappa shape index (κ1) is 20.1. The van der Waals surface area contributed by atoms with Gasteiger partial charge in [0.25, 0.3) is 5.91 Å². The summed E-state index contributed by atoms with van der Waals surface area (Å²) in [4.78, 5) is 40.0. The quantitative estimate of drug-likeness (QED) is 0.758. The number of benzene rings is 2. The van der Waals surface area contributed by atoms with Crippen molar-refractivity contribution in [1.82, 2.24) is 4.90 Å². The number of nitrogens with one attached hydrogen (secondary N) is 1. The molecule has 2 amide bonds. The summed E-state index contributed by atoms with van der Waals surface area (Å²) >= 11 is 0. The lowest BCUT2D eigenvalue weighted by atomic mass is 9.79. The number of hydrogen-bond acceptors (Lipinski definition) is 4. The number of ether oxygens (including phenoxy) is 1. The van der Waals surface area contributed by atoms with Gasteiger partial charge in [-0.1, -0.05) is 37.5 Å². The van der Waals surface area contributed by atoms with Crippen molar-refractivity contribution in [1.29, 1.82) is 0 Å². The molecule has 4 rings (SSSR count). The van der Waals surface area contributed by atoms with Crippen LogP contribution in [0.5, 0.6) is 5.75 Å². The zero-order valence-corrected chi connectivity index (χ0v) is 17.4. The molecule has 1 saturated carbocycles. The topological polar surface area (TPSA) is 75.7 Å². The first-order valence-electron chi connectivity index (χ1n) is 10.4. The van der Waals surface area contributed by atoms with Crippen LogP contribution in [0.2, 0.25) is 0 Å². The molecule has 1 aliphatic heterocycles. The minimum Gasteiger partial charge on any atom is -0.496 e. The molecule has 1 N–H and O–H groups in total. The van der Waals surface area contributed by atoms with Crippen LogP contribution < -0.4 is 10.1 Å². The largest absolute Gasteiger partial charge is 0.496 e. The summed E-state index contributed by atoms with van der Waals surface area (Å²) in [7, 11) is 1.60. The number of carbonyl (C=O) groups is 3. The highest BCUT2D eigenvalue weighted by molar-refractivity contribution is 6.07. The van der Waals surface area contributed by atoms with Crippen molar-refractivity contribution in [3.8, 4) is 5.75 Å². The molecule has 0 unspecified atom stereocenters. The molecule has 2 aliphatic rings. The number of fused-ring (bicyclic) bond motifs is 1. The average Bonchev–Trinajstić information content (AvgIpc) is 3.12. The maximum absolute atomic E-state index is 13.6. The van der Waals surface area contributed by atoms with Gasteiger partial charge in [0.2, 0.25) is 5.91 Å². The van der Waals surface area contributed by atoms with E-state index < -0.39 is 5.54 Å². The van der Waals surface area contributed by atoms with Crippen LogP contribution in [-0.2, 0) is 11.3 Å². The Kier molecular flexibility index (Phi) is 5.33. The molecule has 2 aromatic carbocycles. The molecule has 30 heavy (non-hydrogen) atoms.